The molecule has 0 unspecified atom stereocenters. The molecule has 1 nitrogen and oxygen atoms in total. The Kier molecular flexibility index (Phi) is 7.93. The molecule has 0 saturated carbocycles. The van der Waals surface area contributed by atoms with Crippen LogP contribution in [0.1, 0.15) is 5.56 Å². The van der Waals surface area contributed by atoms with Gasteiger partial charge in [-0.15, -0.1) is 5.56 Å². The standard InChI is InChI=1S/C13H9Cl2O.BrH.Zn/c14-11-6-7-13(12(15)8-11)16-9-10-4-2-1-3-5-10;;/h2-8H,9H2;1H;/q-1;;+2/p-1. The predicted octanol–water partition coefficient (Wildman–Crippen LogP) is 5.22. The first-order chi connectivity index (χ1) is 8.75. The van der Waals surface area contributed by atoms with E-state index in [1.54, 1.807) is 18.2 Å². The summed E-state index contributed by atoms with van der Waals surface area (Å²) in [5.74, 6) is 0.638. The molecule has 0 saturated heterocycles. The average Bonchev–Trinajstić information content (AvgIpc) is 2.41. The number of hydrogen-bond donors (Lipinski definition) is 0. The fourth-order valence-electron chi connectivity index (χ4n) is 1.27. The van der Waals surface area contributed by atoms with Gasteiger partial charge >= 0.3 is 30.0 Å². The van der Waals surface area contributed by atoms with Crippen molar-refractivity contribution >= 4 is 36.8 Å². The van der Waals surface area contributed by atoms with Crippen LogP contribution in [0, 0.1) is 6.07 Å². The van der Waals surface area contributed by atoms with Gasteiger partial charge in [0.05, 0.1) is 11.6 Å². The molecule has 18 heavy (non-hydrogen) atoms. The van der Waals surface area contributed by atoms with Crippen LogP contribution in [0.15, 0.2) is 42.5 Å². The number of benzene rings is 2. The van der Waals surface area contributed by atoms with Crippen LogP contribution in [0.4, 0.5) is 0 Å². The first kappa shape index (κ1) is 16.0. The van der Waals surface area contributed by atoms with Gasteiger partial charge in [0.2, 0.25) is 0 Å². The summed E-state index contributed by atoms with van der Waals surface area (Å²) < 4.78 is 5.57. The minimum atomic E-state index is 0.482. The molecule has 0 aliphatic heterocycles. The van der Waals surface area contributed by atoms with Crippen LogP contribution in [0.2, 0.25) is 10.0 Å². The van der Waals surface area contributed by atoms with Crippen molar-refractivity contribution in [2.45, 2.75) is 6.61 Å². The summed E-state index contributed by atoms with van der Waals surface area (Å²) in [5, 5.41) is 1.13. The summed E-state index contributed by atoms with van der Waals surface area (Å²) >= 11 is 16.0. The molecule has 0 heterocycles. The van der Waals surface area contributed by atoms with Crippen LogP contribution < -0.4 is 4.74 Å². The molecule has 2 aromatic carbocycles. The van der Waals surface area contributed by atoms with Gasteiger partial charge in [0.15, 0.2) is 0 Å². The topological polar surface area (TPSA) is 9.23 Å². The zero-order chi connectivity index (χ0) is 13.4. The number of ether oxygens (including phenoxy) is 1. The minimum absolute atomic E-state index is 0.482. The Morgan fingerprint density at radius 3 is 2.39 bits per heavy atom. The van der Waals surface area contributed by atoms with Gasteiger partial charge in [-0.2, -0.15) is 30.3 Å². The molecule has 0 aliphatic rings. The van der Waals surface area contributed by atoms with Gasteiger partial charge in [-0.05, 0) is 18.2 Å². The van der Waals surface area contributed by atoms with Crippen molar-refractivity contribution in [1.82, 2.24) is 0 Å². The van der Waals surface area contributed by atoms with Crippen LogP contribution in [0.3, 0.4) is 0 Å². The fourth-order valence-corrected chi connectivity index (χ4v) is 1.73. The molecular formula is C13H9BrCl2OZn. The summed E-state index contributed by atoms with van der Waals surface area (Å²) in [5.41, 5.74) is 1.07. The molecule has 0 N–H and O–H groups in total. The van der Waals surface area contributed by atoms with E-state index in [0.29, 0.717) is 22.4 Å². The second-order valence-corrected chi connectivity index (χ2v) is 4.12. The van der Waals surface area contributed by atoms with Crippen molar-refractivity contribution in [1.29, 1.82) is 0 Å². The summed E-state index contributed by atoms with van der Waals surface area (Å²) in [6.45, 7) is 0.482. The third-order valence-electron chi connectivity index (χ3n) is 2.08. The predicted molar refractivity (Wildman–Crippen MR) is 75.0 cm³/mol. The Morgan fingerprint density at radius 1 is 1.11 bits per heavy atom. The van der Waals surface area contributed by atoms with Crippen LogP contribution in [0.5, 0.6) is 5.75 Å². The summed E-state index contributed by atoms with van der Waals surface area (Å²) in [6.07, 6.45) is 0. The Labute approximate surface area is 133 Å². The van der Waals surface area contributed by atoms with Crippen LogP contribution in [0.25, 0.3) is 0 Å². The molecule has 2 aromatic rings. The van der Waals surface area contributed by atoms with Crippen molar-refractivity contribution < 1.29 is 21.1 Å². The van der Waals surface area contributed by atoms with E-state index in [4.69, 9.17) is 27.9 Å². The Hall–Kier alpha value is -0.0766. The van der Waals surface area contributed by atoms with E-state index in [9.17, 15) is 0 Å². The fraction of sp³-hybridized carbons (Fsp3) is 0.0769. The van der Waals surface area contributed by atoms with Crippen molar-refractivity contribution in [2.24, 2.45) is 0 Å². The van der Waals surface area contributed by atoms with Crippen LogP contribution in [-0.4, -0.2) is 0 Å². The van der Waals surface area contributed by atoms with Crippen LogP contribution in [-0.2, 0) is 22.9 Å². The van der Waals surface area contributed by atoms with Crippen molar-refractivity contribution in [3.63, 3.8) is 0 Å². The van der Waals surface area contributed by atoms with Gasteiger partial charge < -0.3 is 4.74 Å². The summed E-state index contributed by atoms with van der Waals surface area (Å²) in [6, 6.07) is 15.7. The third kappa shape index (κ3) is 5.28. The van der Waals surface area contributed by atoms with Gasteiger partial charge in [-0.3, -0.25) is 0 Å². The van der Waals surface area contributed by atoms with E-state index in [-0.39, 0.29) is 0 Å². The molecule has 2 rings (SSSR count). The molecule has 0 aromatic heterocycles. The second-order valence-electron chi connectivity index (χ2n) is 3.27. The summed E-state index contributed by atoms with van der Waals surface area (Å²) in [4.78, 5) is 0. The SMILES string of the molecule is Clc1ccc(OCc2cc[c-]cc2)c(Cl)c1.[Zn+][Br]. The van der Waals surface area contributed by atoms with E-state index >= 15 is 0 Å². The normalized spacial score (nSPS) is 9.39. The molecule has 90 valence electrons. The number of hydrogen-bond acceptors (Lipinski definition) is 1. The van der Waals surface area contributed by atoms with Gasteiger partial charge in [0.25, 0.3) is 0 Å². The van der Waals surface area contributed by atoms with Gasteiger partial charge in [0, 0.05) is 5.02 Å². The van der Waals surface area contributed by atoms with E-state index in [1.807, 2.05) is 24.3 Å². The Morgan fingerprint density at radius 2 is 1.78 bits per heavy atom. The van der Waals surface area contributed by atoms with E-state index in [1.165, 1.54) is 16.3 Å². The molecular weight excluding hydrogens is 388 g/mol. The van der Waals surface area contributed by atoms with Gasteiger partial charge in [-0.25, -0.2) is 0 Å². The number of rotatable bonds is 3. The quantitative estimate of drug-likeness (QED) is 0.510. The Bertz CT molecular complexity index is 480. The zero-order valence-electron chi connectivity index (χ0n) is 9.50. The Balaban J connectivity index is 0.000000771. The average molecular weight is 397 g/mol. The van der Waals surface area contributed by atoms with E-state index in [0.717, 1.165) is 5.56 Å². The monoisotopic (exact) mass is 394 g/mol. The van der Waals surface area contributed by atoms with Gasteiger partial charge in [-0.1, -0.05) is 23.2 Å². The first-order valence-corrected chi connectivity index (χ1v) is 12.8. The zero-order valence-corrected chi connectivity index (χ0v) is 15.6. The molecule has 0 aliphatic carbocycles. The van der Waals surface area contributed by atoms with Crippen molar-refractivity contribution in [2.75, 3.05) is 0 Å². The van der Waals surface area contributed by atoms with Crippen molar-refractivity contribution in [3.8, 4) is 5.75 Å². The number of halogens is 3. The molecule has 0 bridgehead atoms. The molecule has 0 atom stereocenters. The van der Waals surface area contributed by atoms with E-state index in [2.05, 4.69) is 19.7 Å². The maximum absolute atomic E-state index is 5.98. The summed E-state index contributed by atoms with van der Waals surface area (Å²) in [7, 11) is 0. The molecule has 0 amide bonds. The third-order valence-corrected chi connectivity index (χ3v) is 2.61. The first-order valence-electron chi connectivity index (χ1n) is 5.05. The molecule has 0 radical (unpaired) electrons. The maximum atomic E-state index is 5.98. The molecule has 0 spiro atoms. The van der Waals surface area contributed by atoms with E-state index < -0.39 is 0 Å². The molecule has 5 heteroatoms. The van der Waals surface area contributed by atoms with Crippen molar-refractivity contribution in [3.05, 3.63) is 64.1 Å². The van der Waals surface area contributed by atoms with Gasteiger partial charge in [0.1, 0.15) is 5.75 Å². The molecule has 0 fully saturated rings. The second kappa shape index (κ2) is 8.93. The van der Waals surface area contributed by atoms with Crippen LogP contribution >= 0.6 is 36.8 Å².